The van der Waals surface area contributed by atoms with Crippen LogP contribution in [0.25, 0.3) is 11.1 Å². The Labute approximate surface area is 183 Å². The van der Waals surface area contributed by atoms with Crippen molar-refractivity contribution in [3.8, 4) is 22.6 Å². The van der Waals surface area contributed by atoms with Gasteiger partial charge in [0.25, 0.3) is 0 Å². The second-order valence-corrected chi connectivity index (χ2v) is 6.93. The van der Waals surface area contributed by atoms with Gasteiger partial charge in [0, 0.05) is 11.6 Å². The van der Waals surface area contributed by atoms with Gasteiger partial charge in [-0.15, -0.1) is 0 Å². The van der Waals surface area contributed by atoms with Gasteiger partial charge in [-0.1, -0.05) is 25.5 Å². The molecule has 0 aliphatic rings. The number of ether oxygens (including phenoxy) is 2. The number of benzene rings is 3. The van der Waals surface area contributed by atoms with E-state index in [9.17, 15) is 35.1 Å². The van der Waals surface area contributed by atoms with E-state index in [1.165, 1.54) is 0 Å². The first-order valence-corrected chi connectivity index (χ1v) is 9.62. The van der Waals surface area contributed by atoms with Crippen molar-refractivity contribution >= 4 is 0 Å². The Balaban J connectivity index is 1.86. The second-order valence-electron chi connectivity index (χ2n) is 6.93. The van der Waals surface area contributed by atoms with Crippen LogP contribution in [0.3, 0.4) is 0 Å². The van der Waals surface area contributed by atoms with E-state index in [4.69, 9.17) is 0 Å². The summed E-state index contributed by atoms with van der Waals surface area (Å²) in [6.45, 7) is -1.55. The van der Waals surface area contributed by atoms with E-state index in [1.54, 1.807) is 6.92 Å². The summed E-state index contributed by atoms with van der Waals surface area (Å²) in [6.07, 6.45) is -3.71. The molecule has 0 bridgehead atoms. The Morgan fingerprint density at radius 3 is 2.18 bits per heavy atom. The molecule has 3 aromatic rings. The molecule has 0 amide bonds. The molecule has 0 radical (unpaired) electrons. The molecule has 0 saturated heterocycles. The fourth-order valence-corrected chi connectivity index (χ4v) is 3.13. The molecule has 0 heterocycles. The number of aryl methyl sites for hydroxylation is 1. The Bertz CT molecular complexity index is 1150. The lowest BCUT2D eigenvalue weighted by Crippen LogP contribution is -2.24. The van der Waals surface area contributed by atoms with Gasteiger partial charge >= 0.3 is 12.7 Å². The quantitative estimate of drug-likeness (QED) is 0.312. The van der Waals surface area contributed by atoms with Gasteiger partial charge in [-0.2, -0.15) is 17.6 Å². The molecule has 0 aliphatic carbocycles. The highest BCUT2D eigenvalue weighted by Crippen LogP contribution is 2.37. The first-order chi connectivity index (χ1) is 15.5. The van der Waals surface area contributed by atoms with Crippen LogP contribution in [0.2, 0.25) is 0 Å². The normalized spacial score (nSPS) is 11.7. The predicted molar refractivity (Wildman–Crippen MR) is 103 cm³/mol. The maximum atomic E-state index is 14.5. The van der Waals surface area contributed by atoms with E-state index >= 15 is 0 Å². The van der Waals surface area contributed by atoms with Gasteiger partial charge in [0.2, 0.25) is 0 Å². The molecule has 0 aromatic heterocycles. The molecule has 176 valence electrons. The first-order valence-electron chi connectivity index (χ1n) is 9.62. The predicted octanol–water partition coefficient (Wildman–Crippen LogP) is 7.59. The maximum Gasteiger partial charge on any atom is 0.429 e. The van der Waals surface area contributed by atoms with Crippen molar-refractivity contribution in [2.45, 2.75) is 32.5 Å². The third-order valence-corrected chi connectivity index (χ3v) is 4.64. The second kappa shape index (κ2) is 9.68. The molecule has 0 fully saturated rings. The van der Waals surface area contributed by atoms with Crippen LogP contribution in [-0.4, -0.2) is 6.61 Å². The van der Waals surface area contributed by atoms with Gasteiger partial charge in [-0.3, -0.25) is 0 Å². The van der Waals surface area contributed by atoms with Gasteiger partial charge in [0.15, 0.2) is 23.2 Å². The molecule has 0 saturated carbocycles. The SMILES string of the molecule is CCCc1ccc(C(F)(F)Oc2ccc(-c3ccc(OC(F)F)c(F)c3)c(F)c2)c(F)c1F. The molecule has 0 atom stereocenters. The highest BCUT2D eigenvalue weighted by molar-refractivity contribution is 5.66. The van der Waals surface area contributed by atoms with Crippen molar-refractivity contribution in [2.24, 2.45) is 0 Å². The minimum absolute atomic E-state index is 0.0675. The monoisotopic (exact) mass is 476 g/mol. The van der Waals surface area contributed by atoms with E-state index in [2.05, 4.69) is 9.47 Å². The van der Waals surface area contributed by atoms with Crippen LogP contribution in [0.15, 0.2) is 48.5 Å². The van der Waals surface area contributed by atoms with Crippen LogP contribution < -0.4 is 9.47 Å². The van der Waals surface area contributed by atoms with Gasteiger partial charge in [0.05, 0.1) is 0 Å². The van der Waals surface area contributed by atoms with Gasteiger partial charge in [-0.25, -0.2) is 17.6 Å². The fourth-order valence-electron chi connectivity index (χ4n) is 3.13. The van der Waals surface area contributed by atoms with Crippen molar-refractivity contribution in [1.82, 2.24) is 0 Å². The van der Waals surface area contributed by atoms with Crippen molar-refractivity contribution in [2.75, 3.05) is 0 Å². The topological polar surface area (TPSA) is 18.5 Å². The minimum Gasteiger partial charge on any atom is -0.432 e. The number of halogens is 8. The van der Waals surface area contributed by atoms with Crippen LogP contribution in [0, 0.1) is 23.3 Å². The summed E-state index contributed by atoms with van der Waals surface area (Å²) >= 11 is 0. The summed E-state index contributed by atoms with van der Waals surface area (Å²) < 4.78 is 118. The molecule has 33 heavy (non-hydrogen) atoms. The molecule has 0 spiro atoms. The zero-order valence-corrected chi connectivity index (χ0v) is 17.0. The molecule has 3 aromatic carbocycles. The van der Waals surface area contributed by atoms with Crippen molar-refractivity contribution in [3.05, 3.63) is 82.9 Å². The van der Waals surface area contributed by atoms with Crippen LogP contribution in [0.4, 0.5) is 35.1 Å². The van der Waals surface area contributed by atoms with Crippen LogP contribution in [0.1, 0.15) is 24.5 Å². The Morgan fingerprint density at radius 1 is 0.848 bits per heavy atom. The van der Waals surface area contributed by atoms with E-state index in [0.29, 0.717) is 18.6 Å². The van der Waals surface area contributed by atoms with E-state index < -0.39 is 53.1 Å². The average Bonchev–Trinajstić information content (AvgIpc) is 2.72. The largest absolute Gasteiger partial charge is 0.432 e. The van der Waals surface area contributed by atoms with Crippen molar-refractivity contribution in [1.29, 1.82) is 0 Å². The third-order valence-electron chi connectivity index (χ3n) is 4.64. The number of alkyl halides is 4. The van der Waals surface area contributed by atoms with E-state index in [0.717, 1.165) is 36.4 Å². The molecule has 0 N–H and O–H groups in total. The summed E-state index contributed by atoms with van der Waals surface area (Å²) in [7, 11) is 0. The highest BCUT2D eigenvalue weighted by Gasteiger charge is 2.39. The van der Waals surface area contributed by atoms with E-state index in [1.807, 2.05) is 0 Å². The highest BCUT2D eigenvalue weighted by atomic mass is 19.3. The number of rotatable bonds is 8. The lowest BCUT2D eigenvalue weighted by molar-refractivity contribution is -0.187. The third kappa shape index (κ3) is 5.37. The molecule has 0 unspecified atom stereocenters. The molecule has 0 aliphatic heterocycles. The molecule has 10 heteroatoms. The van der Waals surface area contributed by atoms with Crippen LogP contribution in [0.5, 0.6) is 11.5 Å². The zero-order chi connectivity index (χ0) is 24.3. The fraction of sp³-hybridized carbons (Fsp3) is 0.217. The maximum absolute atomic E-state index is 14.5. The lowest BCUT2D eigenvalue weighted by Gasteiger charge is -2.20. The smallest absolute Gasteiger partial charge is 0.429 e. The number of hydrogen-bond donors (Lipinski definition) is 0. The molecular weight excluding hydrogens is 460 g/mol. The molecular formula is C23H16F8O2. The minimum atomic E-state index is -4.33. The Kier molecular flexibility index (Phi) is 7.14. The summed E-state index contributed by atoms with van der Waals surface area (Å²) in [5.74, 6) is -6.96. The van der Waals surface area contributed by atoms with Crippen molar-refractivity contribution < 1.29 is 44.6 Å². The summed E-state index contributed by atoms with van der Waals surface area (Å²) in [4.78, 5) is 0. The standard InChI is InChI=1S/C23H16F8O2/c1-2-3-12-4-8-16(21(27)20(12)26)23(30,31)33-14-6-7-15(17(24)11-14)13-5-9-19(18(25)10-13)32-22(28)29/h4-11,22H,2-3H2,1H3. The van der Waals surface area contributed by atoms with Crippen LogP contribution >= 0.6 is 0 Å². The van der Waals surface area contributed by atoms with Gasteiger partial charge in [-0.05, 0) is 47.9 Å². The molecule has 2 nitrogen and oxygen atoms in total. The zero-order valence-electron chi connectivity index (χ0n) is 17.0. The lowest BCUT2D eigenvalue weighted by atomic mass is 10.0. The van der Waals surface area contributed by atoms with Gasteiger partial charge in [0.1, 0.15) is 17.1 Å². The van der Waals surface area contributed by atoms with E-state index in [-0.39, 0.29) is 23.1 Å². The summed E-state index contributed by atoms with van der Waals surface area (Å²) in [5.41, 5.74) is -1.78. The Hall–Kier alpha value is -3.30. The first kappa shape index (κ1) is 24.3. The summed E-state index contributed by atoms with van der Waals surface area (Å²) in [5, 5.41) is 0. The van der Waals surface area contributed by atoms with Gasteiger partial charge < -0.3 is 9.47 Å². The van der Waals surface area contributed by atoms with Crippen LogP contribution in [-0.2, 0) is 12.5 Å². The van der Waals surface area contributed by atoms with Crippen molar-refractivity contribution in [3.63, 3.8) is 0 Å². The molecule has 3 rings (SSSR count). The average molecular weight is 476 g/mol. The number of hydrogen-bond acceptors (Lipinski definition) is 2. The summed E-state index contributed by atoms with van der Waals surface area (Å²) in [6, 6.07) is 6.82. The Morgan fingerprint density at radius 2 is 1.58 bits per heavy atom.